The molecule has 1 heterocycles. The molecule has 2 rings (SSSR count). The summed E-state index contributed by atoms with van der Waals surface area (Å²) in [7, 11) is 0. The highest BCUT2D eigenvalue weighted by Gasteiger charge is 2.17. The molecule has 1 aromatic rings. The van der Waals surface area contributed by atoms with Gasteiger partial charge in [0.05, 0.1) is 5.69 Å². The van der Waals surface area contributed by atoms with E-state index in [1.807, 2.05) is 12.1 Å². The summed E-state index contributed by atoms with van der Waals surface area (Å²) < 4.78 is 1.03. The van der Waals surface area contributed by atoms with Crippen LogP contribution in [0.25, 0.3) is 0 Å². The molecule has 0 bridgehead atoms. The molecule has 1 unspecified atom stereocenters. The van der Waals surface area contributed by atoms with Crippen LogP contribution in [0.1, 0.15) is 43.0 Å². The predicted octanol–water partition coefficient (Wildman–Crippen LogP) is 4.28. The van der Waals surface area contributed by atoms with Gasteiger partial charge in [-0.3, -0.25) is 4.79 Å². The number of carbonyl (C=O) groups excluding carboxylic acids is 1. The van der Waals surface area contributed by atoms with Gasteiger partial charge >= 0.3 is 0 Å². The minimum atomic E-state index is 0.729. The van der Waals surface area contributed by atoms with Crippen molar-refractivity contribution in [1.82, 2.24) is 0 Å². The third-order valence-corrected chi connectivity index (χ3v) is 4.51. The molecular formula is C15H20BrNO. The standard InChI is InChI=1S/C15H20BrNO/c1-2-12-4-3-8-17(9-7-12)15-6-5-13(11-18)10-14(15)16/h5-6,10-12H,2-4,7-9H2,1H3. The summed E-state index contributed by atoms with van der Waals surface area (Å²) in [5.74, 6) is 0.878. The fourth-order valence-electron chi connectivity index (χ4n) is 2.67. The third kappa shape index (κ3) is 3.14. The monoisotopic (exact) mass is 309 g/mol. The fraction of sp³-hybridized carbons (Fsp3) is 0.533. The number of hydrogen-bond acceptors (Lipinski definition) is 2. The van der Waals surface area contributed by atoms with Crippen molar-refractivity contribution in [1.29, 1.82) is 0 Å². The molecule has 1 aromatic carbocycles. The van der Waals surface area contributed by atoms with Crippen molar-refractivity contribution in [2.75, 3.05) is 18.0 Å². The summed E-state index contributed by atoms with van der Waals surface area (Å²) in [4.78, 5) is 13.2. The molecule has 2 nitrogen and oxygen atoms in total. The van der Waals surface area contributed by atoms with Crippen LogP contribution in [0.15, 0.2) is 22.7 Å². The zero-order valence-electron chi connectivity index (χ0n) is 10.9. The van der Waals surface area contributed by atoms with E-state index in [0.717, 1.165) is 35.3 Å². The first-order valence-corrected chi connectivity index (χ1v) is 7.53. The van der Waals surface area contributed by atoms with Gasteiger partial charge in [0.1, 0.15) is 6.29 Å². The van der Waals surface area contributed by atoms with Gasteiger partial charge in [0, 0.05) is 23.1 Å². The maximum Gasteiger partial charge on any atom is 0.150 e. The van der Waals surface area contributed by atoms with Crippen molar-refractivity contribution in [2.24, 2.45) is 5.92 Å². The number of benzene rings is 1. The van der Waals surface area contributed by atoms with E-state index in [-0.39, 0.29) is 0 Å². The summed E-state index contributed by atoms with van der Waals surface area (Å²) >= 11 is 3.58. The Bertz CT molecular complexity index is 419. The first-order valence-electron chi connectivity index (χ1n) is 6.74. The van der Waals surface area contributed by atoms with Crippen LogP contribution < -0.4 is 4.90 Å². The maximum absolute atomic E-state index is 10.7. The van der Waals surface area contributed by atoms with Gasteiger partial charge < -0.3 is 4.90 Å². The summed E-state index contributed by atoms with van der Waals surface area (Å²) in [6.07, 6.45) is 6.07. The number of rotatable bonds is 3. The van der Waals surface area contributed by atoms with E-state index in [2.05, 4.69) is 33.8 Å². The molecule has 1 aliphatic rings. The van der Waals surface area contributed by atoms with Gasteiger partial charge in [0.15, 0.2) is 0 Å². The molecule has 0 spiro atoms. The molecule has 0 N–H and O–H groups in total. The second-order valence-electron chi connectivity index (χ2n) is 5.02. The van der Waals surface area contributed by atoms with Crippen LogP contribution in [-0.2, 0) is 0 Å². The molecule has 1 atom stereocenters. The van der Waals surface area contributed by atoms with Crippen molar-refractivity contribution < 1.29 is 4.79 Å². The highest BCUT2D eigenvalue weighted by Crippen LogP contribution is 2.30. The highest BCUT2D eigenvalue weighted by atomic mass is 79.9. The Balaban J connectivity index is 2.13. The van der Waals surface area contributed by atoms with E-state index < -0.39 is 0 Å². The molecule has 1 aliphatic heterocycles. The average molecular weight is 310 g/mol. The number of halogens is 1. The van der Waals surface area contributed by atoms with E-state index in [9.17, 15) is 4.79 Å². The van der Waals surface area contributed by atoms with E-state index in [4.69, 9.17) is 0 Å². The van der Waals surface area contributed by atoms with Gasteiger partial charge in [-0.15, -0.1) is 0 Å². The van der Waals surface area contributed by atoms with Crippen molar-refractivity contribution in [3.63, 3.8) is 0 Å². The lowest BCUT2D eigenvalue weighted by Crippen LogP contribution is -2.24. The van der Waals surface area contributed by atoms with Crippen molar-refractivity contribution in [2.45, 2.75) is 32.6 Å². The Hall–Kier alpha value is -0.830. The normalized spacial score (nSPS) is 20.6. The van der Waals surface area contributed by atoms with Gasteiger partial charge in [0.25, 0.3) is 0 Å². The Morgan fingerprint density at radius 1 is 1.39 bits per heavy atom. The lowest BCUT2D eigenvalue weighted by atomic mass is 9.98. The summed E-state index contributed by atoms with van der Waals surface area (Å²) in [5.41, 5.74) is 1.95. The van der Waals surface area contributed by atoms with E-state index in [1.165, 1.54) is 31.4 Å². The van der Waals surface area contributed by atoms with Gasteiger partial charge in [0.2, 0.25) is 0 Å². The van der Waals surface area contributed by atoms with Gasteiger partial charge in [-0.05, 0) is 59.3 Å². The van der Waals surface area contributed by atoms with Gasteiger partial charge in [-0.2, -0.15) is 0 Å². The first-order chi connectivity index (χ1) is 8.74. The van der Waals surface area contributed by atoms with Crippen molar-refractivity contribution in [3.8, 4) is 0 Å². The molecule has 0 radical (unpaired) electrons. The molecule has 98 valence electrons. The van der Waals surface area contributed by atoms with Crippen molar-refractivity contribution >= 4 is 27.9 Å². The van der Waals surface area contributed by atoms with Crippen molar-refractivity contribution in [3.05, 3.63) is 28.2 Å². The second-order valence-corrected chi connectivity index (χ2v) is 5.88. The van der Waals surface area contributed by atoms with E-state index in [0.29, 0.717) is 0 Å². The van der Waals surface area contributed by atoms with E-state index >= 15 is 0 Å². The quantitative estimate of drug-likeness (QED) is 0.777. The highest BCUT2D eigenvalue weighted by molar-refractivity contribution is 9.10. The molecular weight excluding hydrogens is 290 g/mol. The summed E-state index contributed by atoms with van der Waals surface area (Å²) in [6.45, 7) is 4.53. The van der Waals surface area contributed by atoms with Crippen LogP contribution in [0, 0.1) is 5.92 Å². The van der Waals surface area contributed by atoms with Crippen LogP contribution in [-0.4, -0.2) is 19.4 Å². The van der Waals surface area contributed by atoms with Gasteiger partial charge in [-0.25, -0.2) is 0 Å². The Morgan fingerprint density at radius 2 is 2.22 bits per heavy atom. The minimum Gasteiger partial charge on any atom is -0.371 e. The molecule has 1 saturated heterocycles. The maximum atomic E-state index is 10.7. The smallest absolute Gasteiger partial charge is 0.150 e. The second kappa shape index (κ2) is 6.37. The third-order valence-electron chi connectivity index (χ3n) is 3.87. The largest absolute Gasteiger partial charge is 0.371 e. The average Bonchev–Trinajstić information content (AvgIpc) is 2.63. The summed E-state index contributed by atoms with van der Waals surface area (Å²) in [5, 5.41) is 0. The number of carbonyl (C=O) groups is 1. The topological polar surface area (TPSA) is 20.3 Å². The molecule has 0 saturated carbocycles. The molecule has 3 heteroatoms. The van der Waals surface area contributed by atoms with Crippen LogP contribution in [0.2, 0.25) is 0 Å². The Morgan fingerprint density at radius 3 is 2.89 bits per heavy atom. The number of anilines is 1. The lowest BCUT2D eigenvalue weighted by Gasteiger charge is -2.24. The number of hydrogen-bond donors (Lipinski definition) is 0. The lowest BCUT2D eigenvalue weighted by molar-refractivity contribution is 0.112. The number of aldehydes is 1. The zero-order chi connectivity index (χ0) is 13.0. The Labute approximate surface area is 117 Å². The summed E-state index contributed by atoms with van der Waals surface area (Å²) in [6, 6.07) is 5.86. The van der Waals surface area contributed by atoms with E-state index in [1.54, 1.807) is 0 Å². The predicted molar refractivity (Wildman–Crippen MR) is 79.4 cm³/mol. The minimum absolute atomic E-state index is 0.729. The van der Waals surface area contributed by atoms with Crippen LogP contribution in [0.5, 0.6) is 0 Å². The van der Waals surface area contributed by atoms with Crippen LogP contribution in [0.3, 0.4) is 0 Å². The van der Waals surface area contributed by atoms with Crippen LogP contribution >= 0.6 is 15.9 Å². The molecule has 0 aliphatic carbocycles. The number of nitrogens with zero attached hydrogens (tertiary/aromatic N) is 1. The fourth-order valence-corrected chi connectivity index (χ4v) is 3.31. The molecule has 1 fully saturated rings. The molecule has 18 heavy (non-hydrogen) atoms. The Kier molecular flexibility index (Phi) is 4.81. The van der Waals surface area contributed by atoms with Crippen LogP contribution in [0.4, 0.5) is 5.69 Å². The first kappa shape index (κ1) is 13.6. The SMILES string of the molecule is CCC1CCCN(c2ccc(C=O)cc2Br)CC1. The molecule has 0 aromatic heterocycles. The van der Waals surface area contributed by atoms with Gasteiger partial charge in [-0.1, -0.05) is 13.3 Å². The zero-order valence-corrected chi connectivity index (χ0v) is 12.4. The molecule has 0 amide bonds.